The quantitative estimate of drug-likeness (QED) is 0.697. The van der Waals surface area contributed by atoms with Gasteiger partial charge in [0.2, 0.25) is 0 Å². The van der Waals surface area contributed by atoms with Gasteiger partial charge in [0.1, 0.15) is 0 Å². The first kappa shape index (κ1) is 18.2. The van der Waals surface area contributed by atoms with E-state index >= 15 is 0 Å². The van der Waals surface area contributed by atoms with Crippen LogP contribution in [0.4, 0.5) is 5.69 Å². The van der Waals surface area contributed by atoms with Crippen molar-refractivity contribution < 1.29 is 14.6 Å². The predicted octanol–water partition coefficient (Wildman–Crippen LogP) is 4.18. The van der Waals surface area contributed by atoms with Crippen LogP contribution in [0.3, 0.4) is 0 Å². The first-order valence-corrected chi connectivity index (χ1v) is 10.3. The molecular weight excluding hydrogens is 350 g/mol. The zero-order valence-electron chi connectivity index (χ0n) is 15.8. The second-order valence-corrected chi connectivity index (χ2v) is 8.95. The molecule has 1 aromatic carbocycles. The molecule has 5 rings (SSSR count). The average molecular weight is 380 g/mol. The van der Waals surface area contributed by atoms with E-state index in [0.717, 1.165) is 34.9 Å². The molecule has 0 radical (unpaired) electrons. The van der Waals surface area contributed by atoms with Crippen LogP contribution < -0.4 is 14.8 Å². The Morgan fingerprint density at radius 1 is 1.08 bits per heavy atom. The number of alkyl halides is 1. The van der Waals surface area contributed by atoms with Crippen LogP contribution in [0.2, 0.25) is 0 Å². The summed E-state index contributed by atoms with van der Waals surface area (Å²) in [6.07, 6.45) is 7.53. The molecule has 0 spiro atoms. The Morgan fingerprint density at radius 3 is 2.12 bits per heavy atom. The summed E-state index contributed by atoms with van der Waals surface area (Å²) in [5.74, 6) is 4.36. The number of methoxy groups -OCH3 is 2. The summed E-state index contributed by atoms with van der Waals surface area (Å²) in [4.78, 5) is 0. The highest BCUT2D eigenvalue weighted by atomic mass is 35.5. The van der Waals surface area contributed by atoms with Crippen molar-refractivity contribution in [2.24, 2.45) is 17.8 Å². The third-order valence-electron chi connectivity index (χ3n) is 6.84. The second-order valence-electron chi connectivity index (χ2n) is 8.64. The van der Waals surface area contributed by atoms with Crippen molar-refractivity contribution >= 4 is 17.3 Å². The fraction of sp³-hybridized carbons (Fsp3) is 0.714. The lowest BCUT2D eigenvalue weighted by Gasteiger charge is -2.57. The smallest absolute Gasteiger partial charge is 0.162 e. The van der Waals surface area contributed by atoms with Gasteiger partial charge < -0.3 is 19.9 Å². The van der Waals surface area contributed by atoms with Crippen molar-refractivity contribution in [1.82, 2.24) is 0 Å². The molecule has 1 aromatic rings. The number of anilines is 1. The van der Waals surface area contributed by atoms with Gasteiger partial charge in [0.05, 0.1) is 26.2 Å². The summed E-state index contributed by atoms with van der Waals surface area (Å²) < 4.78 is 11.1. The predicted molar refractivity (Wildman–Crippen MR) is 105 cm³/mol. The Balaban J connectivity index is 1.73. The zero-order chi connectivity index (χ0) is 18.3. The largest absolute Gasteiger partial charge is 0.493 e. The van der Waals surface area contributed by atoms with Crippen molar-refractivity contribution in [2.75, 3.05) is 32.0 Å². The van der Waals surface area contributed by atoms with Gasteiger partial charge in [-0.2, -0.15) is 0 Å². The van der Waals surface area contributed by atoms with Gasteiger partial charge in [0, 0.05) is 18.3 Å². The Labute approximate surface area is 161 Å². The van der Waals surface area contributed by atoms with E-state index in [4.69, 9.17) is 21.1 Å². The number of hydrogen-bond acceptors (Lipinski definition) is 4. The maximum absolute atomic E-state index is 9.92. The molecule has 0 saturated heterocycles. The molecule has 4 bridgehead atoms. The fourth-order valence-electron chi connectivity index (χ4n) is 6.19. The van der Waals surface area contributed by atoms with Gasteiger partial charge >= 0.3 is 0 Å². The summed E-state index contributed by atoms with van der Waals surface area (Å²) in [5.41, 5.74) is 2.65. The number of aliphatic hydroxyl groups excluding tert-OH is 1. The number of nitrogens with one attached hydrogen (secondary N) is 1. The van der Waals surface area contributed by atoms with Crippen molar-refractivity contribution in [3.05, 3.63) is 17.7 Å². The third-order valence-corrected chi connectivity index (χ3v) is 7.20. The van der Waals surface area contributed by atoms with Crippen molar-refractivity contribution in [1.29, 1.82) is 0 Å². The van der Waals surface area contributed by atoms with Gasteiger partial charge in [0.15, 0.2) is 11.5 Å². The molecule has 0 aromatic heterocycles. The lowest BCUT2D eigenvalue weighted by atomic mass is 9.48. The van der Waals surface area contributed by atoms with Crippen LogP contribution in [0.5, 0.6) is 11.5 Å². The molecule has 0 aliphatic heterocycles. The van der Waals surface area contributed by atoms with Crippen molar-refractivity contribution in [2.45, 2.75) is 50.0 Å². The highest BCUT2D eigenvalue weighted by molar-refractivity contribution is 6.18. The standard InChI is InChI=1S/C21H30ClNO3/c1-25-19-6-17(18(7-20(19)26-2)23-12-16(24)11-22)21-8-13-3-14(9-21)5-15(4-13)10-21/h6-7,13-16,23-24H,3-5,8-12H2,1-2H3. The molecule has 4 aliphatic rings. The average Bonchev–Trinajstić information content (AvgIpc) is 2.64. The Bertz CT molecular complexity index is 628. The molecule has 5 heteroatoms. The van der Waals surface area contributed by atoms with E-state index in [1.54, 1.807) is 14.2 Å². The third kappa shape index (κ3) is 3.16. The Morgan fingerprint density at radius 2 is 1.62 bits per heavy atom. The van der Waals surface area contributed by atoms with Gasteiger partial charge in [-0.25, -0.2) is 0 Å². The molecular formula is C21H30ClNO3. The molecule has 144 valence electrons. The minimum absolute atomic E-state index is 0.229. The maximum Gasteiger partial charge on any atom is 0.162 e. The van der Waals surface area contributed by atoms with Crippen LogP contribution in [0.1, 0.15) is 44.1 Å². The molecule has 0 amide bonds. The van der Waals surface area contributed by atoms with Crippen LogP contribution in [-0.2, 0) is 5.41 Å². The molecule has 2 N–H and O–H groups in total. The van der Waals surface area contributed by atoms with Gasteiger partial charge in [-0.1, -0.05) is 0 Å². The van der Waals surface area contributed by atoms with Gasteiger partial charge in [-0.15, -0.1) is 11.6 Å². The molecule has 0 heterocycles. The van der Waals surface area contributed by atoms with E-state index < -0.39 is 6.10 Å². The fourth-order valence-corrected chi connectivity index (χ4v) is 6.30. The minimum Gasteiger partial charge on any atom is -0.493 e. The molecule has 4 aliphatic carbocycles. The van der Waals surface area contributed by atoms with Crippen molar-refractivity contribution in [3.8, 4) is 11.5 Å². The summed E-state index contributed by atoms with van der Waals surface area (Å²) in [7, 11) is 3.37. The summed E-state index contributed by atoms with van der Waals surface area (Å²) >= 11 is 5.79. The molecule has 4 nitrogen and oxygen atoms in total. The first-order valence-electron chi connectivity index (χ1n) is 9.81. The van der Waals surface area contributed by atoms with Crippen LogP contribution in [0.25, 0.3) is 0 Å². The molecule has 4 saturated carbocycles. The highest BCUT2D eigenvalue weighted by Gasteiger charge is 2.52. The zero-order valence-corrected chi connectivity index (χ0v) is 16.5. The highest BCUT2D eigenvalue weighted by Crippen LogP contribution is 2.62. The Kier molecular flexibility index (Phi) is 5.00. The van der Waals surface area contributed by atoms with Crippen LogP contribution in [-0.4, -0.2) is 37.9 Å². The van der Waals surface area contributed by atoms with Gasteiger partial charge in [-0.3, -0.25) is 0 Å². The number of aliphatic hydroxyl groups is 1. The summed E-state index contributed by atoms with van der Waals surface area (Å²) in [6.45, 7) is 0.443. The summed E-state index contributed by atoms with van der Waals surface area (Å²) in [6, 6.07) is 4.22. The molecule has 26 heavy (non-hydrogen) atoms. The van der Waals surface area contributed by atoms with Crippen LogP contribution in [0, 0.1) is 17.8 Å². The maximum atomic E-state index is 9.92. The lowest BCUT2D eigenvalue weighted by Crippen LogP contribution is -2.48. The van der Waals surface area contributed by atoms with E-state index in [9.17, 15) is 5.11 Å². The van der Waals surface area contributed by atoms with Gasteiger partial charge in [-0.05, 0) is 73.3 Å². The lowest BCUT2D eigenvalue weighted by molar-refractivity contribution is -0.00498. The van der Waals surface area contributed by atoms with E-state index in [0.29, 0.717) is 6.54 Å². The van der Waals surface area contributed by atoms with Gasteiger partial charge in [0.25, 0.3) is 0 Å². The Hall–Kier alpha value is -1.13. The van der Waals surface area contributed by atoms with E-state index in [-0.39, 0.29) is 11.3 Å². The SMILES string of the molecule is COc1cc(NCC(O)CCl)c(C23CC4CC(CC(C4)C2)C3)cc1OC. The van der Waals surface area contributed by atoms with Crippen LogP contribution >= 0.6 is 11.6 Å². The number of halogens is 1. The number of benzene rings is 1. The van der Waals surface area contributed by atoms with E-state index in [1.165, 1.54) is 44.1 Å². The monoisotopic (exact) mass is 379 g/mol. The minimum atomic E-state index is -0.561. The number of rotatable bonds is 7. The molecule has 4 fully saturated rings. The van der Waals surface area contributed by atoms with E-state index in [1.807, 2.05) is 6.07 Å². The normalized spacial score (nSPS) is 33.2. The molecule has 1 unspecified atom stereocenters. The number of ether oxygens (including phenoxy) is 2. The molecule has 1 atom stereocenters. The van der Waals surface area contributed by atoms with E-state index in [2.05, 4.69) is 11.4 Å². The van der Waals surface area contributed by atoms with Crippen LogP contribution in [0.15, 0.2) is 12.1 Å². The summed E-state index contributed by atoms with van der Waals surface area (Å²) in [5, 5.41) is 13.4. The topological polar surface area (TPSA) is 50.7 Å². The first-order chi connectivity index (χ1) is 12.6. The second kappa shape index (κ2) is 7.12. The number of hydrogen-bond donors (Lipinski definition) is 2. The van der Waals surface area contributed by atoms with Crippen molar-refractivity contribution in [3.63, 3.8) is 0 Å².